The predicted octanol–water partition coefficient (Wildman–Crippen LogP) is 4.67. The van der Waals surface area contributed by atoms with Crippen molar-refractivity contribution in [2.75, 3.05) is 0 Å². The van der Waals surface area contributed by atoms with Gasteiger partial charge in [-0.15, -0.1) is 0 Å². The lowest BCUT2D eigenvalue weighted by atomic mass is 9.76. The monoisotopic (exact) mass is 333 g/mol. The second kappa shape index (κ2) is 5.45. The van der Waals surface area contributed by atoms with Crippen molar-refractivity contribution >= 4 is 11.8 Å². The van der Waals surface area contributed by atoms with Crippen LogP contribution in [0, 0.1) is 6.92 Å². The van der Waals surface area contributed by atoms with Crippen LogP contribution in [0.2, 0.25) is 0 Å². The maximum absolute atomic E-state index is 4.32. The molecule has 0 atom stereocenters. The molecule has 3 aromatic rings. The van der Waals surface area contributed by atoms with Gasteiger partial charge >= 0.3 is 0 Å². The number of rotatable bonds is 1. The highest BCUT2D eigenvalue weighted by atomic mass is 32.2. The van der Waals surface area contributed by atoms with Crippen LogP contribution in [0.5, 0.6) is 0 Å². The lowest BCUT2D eigenvalue weighted by molar-refractivity contribution is -0.660. The van der Waals surface area contributed by atoms with Gasteiger partial charge in [0.1, 0.15) is 7.05 Å². The van der Waals surface area contributed by atoms with Gasteiger partial charge in [-0.1, -0.05) is 43.8 Å². The largest absolute Gasteiger partial charge is 0.252 e. The van der Waals surface area contributed by atoms with Gasteiger partial charge in [0.2, 0.25) is 5.69 Å². The van der Waals surface area contributed by atoms with E-state index in [4.69, 9.17) is 0 Å². The number of aromatic nitrogens is 2. The third kappa shape index (κ3) is 2.27. The summed E-state index contributed by atoms with van der Waals surface area (Å²) in [6, 6.07) is 13.5. The fourth-order valence-electron chi connectivity index (χ4n) is 3.55. The molecule has 2 nitrogen and oxygen atoms in total. The van der Waals surface area contributed by atoms with E-state index in [0.29, 0.717) is 0 Å². The molecule has 0 aliphatic carbocycles. The standard InChI is InChI=1S/C21H21N2S/c1-14-11-20-17(12-15(14)18-13-22-9-10-23(18)4)21(2,3)16-7-5-6-8-19(16)24-20/h5-13H,1-4H3/q+1. The lowest BCUT2D eigenvalue weighted by Gasteiger charge is -2.35. The Balaban J connectivity index is 1.95. The predicted molar refractivity (Wildman–Crippen MR) is 98.3 cm³/mol. The summed E-state index contributed by atoms with van der Waals surface area (Å²) < 4.78 is 2.14. The first-order valence-electron chi connectivity index (χ1n) is 8.21. The zero-order chi connectivity index (χ0) is 16.9. The molecule has 0 amide bonds. The molecule has 0 radical (unpaired) electrons. The maximum Gasteiger partial charge on any atom is 0.231 e. The first-order chi connectivity index (χ1) is 11.5. The van der Waals surface area contributed by atoms with Crippen LogP contribution in [-0.2, 0) is 12.5 Å². The topological polar surface area (TPSA) is 16.8 Å². The van der Waals surface area contributed by atoms with E-state index >= 15 is 0 Å². The summed E-state index contributed by atoms with van der Waals surface area (Å²) in [5, 5.41) is 0. The third-order valence-electron chi connectivity index (χ3n) is 5.01. The summed E-state index contributed by atoms with van der Waals surface area (Å²) in [6.45, 7) is 6.84. The van der Waals surface area contributed by atoms with Crippen LogP contribution >= 0.6 is 11.8 Å². The number of nitrogens with zero attached hydrogens (tertiary/aromatic N) is 2. The smallest absolute Gasteiger partial charge is 0.231 e. The lowest BCUT2D eigenvalue weighted by Crippen LogP contribution is -2.31. The number of benzene rings is 2. The van der Waals surface area contributed by atoms with Gasteiger partial charge in [0.25, 0.3) is 0 Å². The molecule has 0 unspecified atom stereocenters. The molecule has 0 spiro atoms. The summed E-state index contributed by atoms with van der Waals surface area (Å²) in [5.74, 6) is 0. The normalized spacial score (nSPS) is 14.8. The average Bonchev–Trinajstić information content (AvgIpc) is 2.55. The summed E-state index contributed by atoms with van der Waals surface area (Å²) in [4.78, 5) is 7.06. The van der Waals surface area contributed by atoms with Gasteiger partial charge < -0.3 is 0 Å². The van der Waals surface area contributed by atoms with Crippen molar-refractivity contribution in [1.82, 2.24) is 4.98 Å². The van der Waals surface area contributed by atoms with E-state index in [0.717, 1.165) is 5.69 Å². The highest BCUT2D eigenvalue weighted by Crippen LogP contribution is 2.50. The molecule has 0 saturated carbocycles. The minimum absolute atomic E-state index is 0.000404. The Bertz CT molecular complexity index is 944. The van der Waals surface area contributed by atoms with Crippen LogP contribution < -0.4 is 4.57 Å². The zero-order valence-corrected chi connectivity index (χ0v) is 15.3. The maximum atomic E-state index is 4.32. The molecular formula is C21H21N2S+. The fraction of sp³-hybridized carbons (Fsp3) is 0.238. The molecule has 1 aromatic heterocycles. The van der Waals surface area contributed by atoms with E-state index in [1.54, 1.807) is 0 Å². The van der Waals surface area contributed by atoms with Crippen LogP contribution in [0.15, 0.2) is 64.8 Å². The van der Waals surface area contributed by atoms with Gasteiger partial charge in [-0.05, 0) is 41.8 Å². The van der Waals surface area contributed by atoms with Crippen molar-refractivity contribution in [3.05, 3.63) is 71.7 Å². The average molecular weight is 333 g/mol. The van der Waals surface area contributed by atoms with E-state index in [1.807, 2.05) is 30.4 Å². The summed E-state index contributed by atoms with van der Waals surface area (Å²) >= 11 is 1.88. The van der Waals surface area contributed by atoms with Crippen molar-refractivity contribution in [1.29, 1.82) is 0 Å². The molecule has 0 fully saturated rings. The molecule has 0 saturated heterocycles. The van der Waals surface area contributed by atoms with Crippen molar-refractivity contribution < 1.29 is 4.57 Å². The molecule has 4 rings (SSSR count). The van der Waals surface area contributed by atoms with E-state index in [-0.39, 0.29) is 5.41 Å². The Kier molecular flexibility index (Phi) is 3.50. The van der Waals surface area contributed by atoms with Crippen LogP contribution in [0.25, 0.3) is 11.3 Å². The molecule has 24 heavy (non-hydrogen) atoms. The minimum Gasteiger partial charge on any atom is -0.252 e. The second-order valence-corrected chi connectivity index (χ2v) is 8.04. The molecule has 2 heterocycles. The zero-order valence-electron chi connectivity index (χ0n) is 14.5. The molecule has 1 aliphatic heterocycles. The molecule has 0 bridgehead atoms. The van der Waals surface area contributed by atoms with Crippen molar-refractivity contribution in [3.63, 3.8) is 0 Å². The van der Waals surface area contributed by atoms with E-state index in [2.05, 4.69) is 73.8 Å². The number of hydrogen-bond donors (Lipinski definition) is 0. The second-order valence-electron chi connectivity index (χ2n) is 6.96. The number of hydrogen-bond acceptors (Lipinski definition) is 2. The first-order valence-corrected chi connectivity index (χ1v) is 9.02. The van der Waals surface area contributed by atoms with Crippen molar-refractivity contribution in [2.45, 2.75) is 36.0 Å². The Morgan fingerprint density at radius 3 is 2.62 bits per heavy atom. The highest BCUT2D eigenvalue weighted by Gasteiger charge is 2.34. The molecule has 1 aliphatic rings. The number of fused-ring (bicyclic) bond motifs is 2. The molecular weight excluding hydrogens is 312 g/mol. The summed E-state index contributed by atoms with van der Waals surface area (Å²) in [6.07, 6.45) is 5.78. The molecule has 3 heteroatoms. The van der Waals surface area contributed by atoms with Gasteiger partial charge in [0, 0.05) is 15.2 Å². The van der Waals surface area contributed by atoms with Crippen LogP contribution in [0.3, 0.4) is 0 Å². The van der Waals surface area contributed by atoms with Crippen LogP contribution in [0.1, 0.15) is 30.5 Å². The minimum atomic E-state index is 0.000404. The number of aryl methyl sites for hydroxylation is 2. The van der Waals surface area contributed by atoms with E-state index in [9.17, 15) is 0 Å². The first kappa shape index (κ1) is 15.4. The van der Waals surface area contributed by atoms with E-state index < -0.39 is 0 Å². The van der Waals surface area contributed by atoms with Gasteiger partial charge in [-0.3, -0.25) is 4.98 Å². The molecule has 2 aromatic carbocycles. The summed E-state index contributed by atoms with van der Waals surface area (Å²) in [5.41, 5.74) is 6.51. The Labute approximate surface area is 147 Å². The van der Waals surface area contributed by atoms with Gasteiger partial charge in [0.05, 0.1) is 18.0 Å². The quantitative estimate of drug-likeness (QED) is 0.602. The van der Waals surface area contributed by atoms with Gasteiger partial charge in [0.15, 0.2) is 6.20 Å². The van der Waals surface area contributed by atoms with Crippen LogP contribution in [-0.4, -0.2) is 4.98 Å². The fourth-order valence-corrected chi connectivity index (χ4v) is 5.03. The Morgan fingerprint density at radius 1 is 1.04 bits per heavy atom. The van der Waals surface area contributed by atoms with E-state index in [1.165, 1.54) is 32.0 Å². The Morgan fingerprint density at radius 2 is 1.83 bits per heavy atom. The molecule has 120 valence electrons. The Hall–Kier alpha value is -2.13. The molecule has 0 N–H and O–H groups in total. The summed E-state index contributed by atoms with van der Waals surface area (Å²) in [7, 11) is 2.07. The van der Waals surface area contributed by atoms with Gasteiger partial charge in [-0.2, -0.15) is 4.57 Å². The van der Waals surface area contributed by atoms with Crippen molar-refractivity contribution in [3.8, 4) is 11.3 Å². The van der Waals surface area contributed by atoms with Crippen LogP contribution in [0.4, 0.5) is 0 Å². The SMILES string of the molecule is Cc1cc2c(cc1-c1cncc[n+]1C)C(C)(C)c1ccccc1S2. The third-order valence-corrected chi connectivity index (χ3v) is 6.14. The van der Waals surface area contributed by atoms with Crippen molar-refractivity contribution in [2.24, 2.45) is 7.05 Å². The highest BCUT2D eigenvalue weighted by molar-refractivity contribution is 7.99. The van der Waals surface area contributed by atoms with Gasteiger partial charge in [-0.25, -0.2) is 0 Å².